The molecule has 0 bridgehead atoms. The Balaban J connectivity index is 1.62. The first kappa shape index (κ1) is 80.2. The zero-order valence-electron chi connectivity index (χ0n) is 53.4. The topological polar surface area (TPSA) is 400 Å². The summed E-state index contributed by atoms with van der Waals surface area (Å²) in [6.07, 6.45) is 2.89. The summed E-state index contributed by atoms with van der Waals surface area (Å²) in [7, 11) is 1.62. The number of carbonyl (C=O) groups is 10. The van der Waals surface area contributed by atoms with Crippen LogP contribution in [0.15, 0.2) is 30.4 Å². The number of hydrogen-bond donors (Lipinski definition) is 9. The van der Waals surface area contributed by atoms with E-state index in [0.29, 0.717) is 124 Å². The van der Waals surface area contributed by atoms with E-state index in [9.17, 15) is 58.2 Å². The van der Waals surface area contributed by atoms with E-state index in [2.05, 4.69) is 37.2 Å². The number of aliphatic carboxylic acids is 1. The lowest BCUT2D eigenvalue weighted by atomic mass is 9.96. The Bertz CT molecular complexity index is 2340. The van der Waals surface area contributed by atoms with E-state index in [0.717, 1.165) is 17.1 Å². The number of nitrogens with one attached hydrogen (secondary N) is 7. The largest absolute Gasteiger partial charge is 0.506 e. The van der Waals surface area contributed by atoms with Crippen LogP contribution in [0.1, 0.15) is 84.6 Å². The summed E-state index contributed by atoms with van der Waals surface area (Å²) in [6.45, 7) is 13.3. The van der Waals surface area contributed by atoms with Crippen molar-refractivity contribution in [1.82, 2.24) is 36.8 Å². The van der Waals surface area contributed by atoms with E-state index in [1.807, 2.05) is 0 Å². The third kappa shape index (κ3) is 42.7. The number of imide groups is 1. The maximum Gasteiger partial charge on any atom is 0.407 e. The van der Waals surface area contributed by atoms with Crippen molar-refractivity contribution in [2.45, 2.75) is 103 Å². The van der Waals surface area contributed by atoms with Gasteiger partial charge in [0.1, 0.15) is 24.0 Å². The van der Waals surface area contributed by atoms with Crippen molar-refractivity contribution >= 4 is 65.0 Å². The highest BCUT2D eigenvalue weighted by molar-refractivity contribution is 6.12. The first-order valence-electron chi connectivity index (χ1n) is 30.6. The Hall–Kier alpha value is -6.94. The van der Waals surface area contributed by atoms with Crippen molar-refractivity contribution in [2.24, 2.45) is 5.92 Å². The highest BCUT2D eigenvalue weighted by Gasteiger charge is 2.26. The molecule has 0 radical (unpaired) electrons. The van der Waals surface area contributed by atoms with Crippen LogP contribution in [0.4, 0.5) is 10.5 Å². The van der Waals surface area contributed by atoms with Gasteiger partial charge in [0.2, 0.25) is 35.4 Å². The lowest BCUT2D eigenvalue weighted by Crippen LogP contribution is -2.47. The van der Waals surface area contributed by atoms with E-state index in [1.54, 1.807) is 33.9 Å². The molecular formula is C60H98N8O23. The number of methoxy groups -OCH3 is 1. The molecule has 0 aliphatic carbocycles. The molecule has 0 saturated carbocycles. The number of aromatic hydroxyl groups is 1. The van der Waals surface area contributed by atoms with Gasteiger partial charge < -0.3 is 99.5 Å². The summed E-state index contributed by atoms with van der Waals surface area (Å²) < 4.78 is 59.2. The molecule has 0 saturated heterocycles. The van der Waals surface area contributed by atoms with Gasteiger partial charge >= 0.3 is 12.1 Å². The molecule has 9 N–H and O–H groups in total. The van der Waals surface area contributed by atoms with Crippen LogP contribution in [-0.4, -0.2) is 257 Å². The lowest BCUT2D eigenvalue weighted by molar-refractivity contribution is -0.141. The number of nitrogens with zero attached hydrogens (tertiary/aromatic N) is 1. The summed E-state index contributed by atoms with van der Waals surface area (Å²) in [5, 5.41) is 38.0. The molecule has 9 amide bonds. The predicted molar refractivity (Wildman–Crippen MR) is 326 cm³/mol. The molecule has 91 heavy (non-hydrogen) atoms. The van der Waals surface area contributed by atoms with E-state index in [1.165, 1.54) is 19.1 Å². The number of unbranched alkanes of at least 4 members (excludes halogenated alkanes) is 1. The first-order chi connectivity index (χ1) is 43.7. The number of hydrogen-bond acceptors (Lipinski definition) is 22. The van der Waals surface area contributed by atoms with Gasteiger partial charge in [-0.2, -0.15) is 0 Å². The number of rotatable bonds is 55. The number of carboxylic acids is 1. The number of benzene rings is 1. The van der Waals surface area contributed by atoms with Crippen LogP contribution in [0.3, 0.4) is 0 Å². The molecule has 2 rings (SSSR count). The second-order valence-corrected chi connectivity index (χ2v) is 21.5. The fraction of sp³-hybridized carbons (Fsp3) is 0.700. The number of phenols is 1. The Morgan fingerprint density at radius 2 is 1.05 bits per heavy atom. The predicted octanol–water partition coefficient (Wildman–Crippen LogP) is 0.278. The monoisotopic (exact) mass is 1300 g/mol. The average molecular weight is 1300 g/mol. The second kappa shape index (κ2) is 49.7. The van der Waals surface area contributed by atoms with Crippen LogP contribution in [0.5, 0.6) is 5.75 Å². The van der Waals surface area contributed by atoms with Gasteiger partial charge in [0.15, 0.2) is 0 Å². The highest BCUT2D eigenvalue weighted by atomic mass is 16.6. The molecule has 3 atom stereocenters. The van der Waals surface area contributed by atoms with Gasteiger partial charge in [-0.25, -0.2) is 4.79 Å². The van der Waals surface area contributed by atoms with Gasteiger partial charge in [0, 0.05) is 57.8 Å². The van der Waals surface area contributed by atoms with E-state index in [-0.39, 0.29) is 102 Å². The van der Waals surface area contributed by atoms with Crippen molar-refractivity contribution in [3.8, 4) is 5.75 Å². The van der Waals surface area contributed by atoms with Gasteiger partial charge in [-0.3, -0.25) is 48.1 Å². The molecule has 516 valence electrons. The number of alkyl carbamates (subject to hydrolysis) is 1. The van der Waals surface area contributed by atoms with Gasteiger partial charge in [0.25, 0.3) is 11.8 Å². The molecular weight excluding hydrogens is 1200 g/mol. The minimum Gasteiger partial charge on any atom is -0.506 e. The third-order valence-corrected chi connectivity index (χ3v) is 12.6. The zero-order chi connectivity index (χ0) is 66.9. The molecule has 0 fully saturated rings. The fourth-order valence-electron chi connectivity index (χ4n) is 7.98. The zero-order valence-corrected chi connectivity index (χ0v) is 53.4. The second-order valence-electron chi connectivity index (χ2n) is 21.5. The summed E-state index contributed by atoms with van der Waals surface area (Å²) >= 11 is 0. The number of carboxylic acid groups (broad SMARTS) is 1. The Kier molecular flexibility index (Phi) is 43.8. The SMILES string of the molecule is COCCOCCOCCOCCOCCOCCOCCOCCOCCOCC(=O)NCCCC[C@H](NC(=O)CCCN1C(=O)C=CC1=O)C(=O)NCCCC(=O)NCC(=O)NCC(=O)Nc1cc(C[C@@H](C[C@H](C)C(=O)O)NC(=O)OC(C)(C)C)ccc1O. The summed E-state index contributed by atoms with van der Waals surface area (Å²) in [5.74, 6) is -6.47. The quantitative estimate of drug-likeness (QED) is 0.0240. The molecule has 1 heterocycles. The number of amides is 9. The molecule has 0 aromatic heterocycles. The molecule has 0 spiro atoms. The Morgan fingerprint density at radius 3 is 1.58 bits per heavy atom. The minimum absolute atomic E-state index is 0.00980. The van der Waals surface area contributed by atoms with E-state index < -0.39 is 90.1 Å². The fourth-order valence-corrected chi connectivity index (χ4v) is 7.98. The van der Waals surface area contributed by atoms with Gasteiger partial charge in [-0.15, -0.1) is 0 Å². The minimum atomic E-state index is -1.06. The maximum absolute atomic E-state index is 13.3. The molecule has 1 aromatic carbocycles. The van der Waals surface area contributed by atoms with E-state index >= 15 is 0 Å². The van der Waals surface area contributed by atoms with Crippen LogP contribution in [0.2, 0.25) is 0 Å². The van der Waals surface area contributed by atoms with Gasteiger partial charge in [-0.1, -0.05) is 13.0 Å². The van der Waals surface area contributed by atoms with Gasteiger partial charge in [0.05, 0.1) is 144 Å². The van der Waals surface area contributed by atoms with Crippen LogP contribution in [0.25, 0.3) is 0 Å². The highest BCUT2D eigenvalue weighted by Crippen LogP contribution is 2.26. The van der Waals surface area contributed by atoms with Crippen molar-refractivity contribution in [3.63, 3.8) is 0 Å². The summed E-state index contributed by atoms with van der Waals surface area (Å²) in [5.41, 5.74) is -0.281. The van der Waals surface area contributed by atoms with Crippen molar-refractivity contribution in [2.75, 3.05) is 171 Å². The number of carbonyl (C=O) groups excluding carboxylic acids is 9. The smallest absolute Gasteiger partial charge is 0.407 e. The van der Waals surface area contributed by atoms with Crippen LogP contribution in [-0.2, 0) is 102 Å². The van der Waals surface area contributed by atoms with E-state index in [4.69, 9.17) is 52.1 Å². The molecule has 0 unspecified atom stereocenters. The average Bonchev–Trinajstić information content (AvgIpc) is 4.11. The first-order valence-corrected chi connectivity index (χ1v) is 30.6. The normalized spacial score (nSPS) is 13.1. The number of phenolic OH excluding ortho intramolecular Hbond substituents is 1. The van der Waals surface area contributed by atoms with Crippen LogP contribution < -0.4 is 37.2 Å². The standard InChI is InChI=1S/C60H98N8O23/c1-44(58(78)79)38-46(65-59(80)91-60(2,3)4)39-45-13-14-49(69)48(40-45)67-53(73)42-64-52(72)41-63-50(70)11-8-18-62-57(77)47(66-51(71)12-9-19-68-55(75)15-16-56(68)76)10-6-7-17-61-54(74)43-90-37-36-89-35-34-88-33-32-87-31-30-86-29-28-85-27-26-84-25-24-83-23-22-82-21-20-81-5/h13-16,40,44,46-47,69H,6-12,17-39,41-43H2,1-5H3,(H,61,74)(H,62,77)(H,63,70)(H,64,72)(H,65,80)(H,66,71)(H,67,73)(H,78,79)/t44-,46+,47-/m0/s1. The maximum atomic E-state index is 13.3. The van der Waals surface area contributed by atoms with Crippen molar-refractivity contribution < 1.29 is 110 Å². The third-order valence-electron chi connectivity index (χ3n) is 12.6. The lowest BCUT2D eigenvalue weighted by Gasteiger charge is -2.25. The molecule has 31 nitrogen and oxygen atoms in total. The van der Waals surface area contributed by atoms with Crippen molar-refractivity contribution in [1.29, 1.82) is 0 Å². The summed E-state index contributed by atoms with van der Waals surface area (Å²) in [6, 6.07) is 2.62. The molecule has 1 aliphatic rings. The molecule has 31 heteroatoms. The van der Waals surface area contributed by atoms with Crippen LogP contribution >= 0.6 is 0 Å². The Labute approximate surface area is 532 Å². The van der Waals surface area contributed by atoms with Gasteiger partial charge in [-0.05, 0) is 83.4 Å². The summed E-state index contributed by atoms with van der Waals surface area (Å²) in [4.78, 5) is 126. The van der Waals surface area contributed by atoms with Crippen molar-refractivity contribution in [3.05, 3.63) is 35.9 Å². The Morgan fingerprint density at radius 1 is 0.560 bits per heavy atom. The molecule has 1 aliphatic heterocycles. The molecule has 1 aromatic rings. The number of ether oxygens (including phenoxy) is 11. The van der Waals surface area contributed by atoms with Crippen LogP contribution in [0, 0.1) is 5.92 Å². The number of anilines is 1.